The highest BCUT2D eigenvalue weighted by molar-refractivity contribution is 7.99. The van der Waals surface area contributed by atoms with Gasteiger partial charge in [-0.05, 0) is 43.3 Å². The number of tetrazole rings is 1. The highest BCUT2D eigenvalue weighted by atomic mass is 32.2. The summed E-state index contributed by atoms with van der Waals surface area (Å²) in [6.45, 7) is 6.76. The van der Waals surface area contributed by atoms with Crippen molar-refractivity contribution in [2.24, 2.45) is 0 Å². The molecule has 0 aliphatic rings. The smallest absolute Gasteiger partial charge is 0.214 e. The number of nitrogens with one attached hydrogen (secondary N) is 1. The van der Waals surface area contributed by atoms with Crippen LogP contribution in [-0.4, -0.2) is 49.3 Å². The number of thioether (sulfide) groups is 1. The number of rotatable bonds is 6. The van der Waals surface area contributed by atoms with E-state index in [1.54, 1.807) is 4.68 Å². The number of aliphatic hydroxyl groups excluding tert-OH is 1. The van der Waals surface area contributed by atoms with Crippen molar-refractivity contribution in [3.8, 4) is 5.69 Å². The lowest BCUT2D eigenvalue weighted by Crippen LogP contribution is -2.41. The van der Waals surface area contributed by atoms with Gasteiger partial charge in [-0.25, -0.2) is 0 Å². The Morgan fingerprint density at radius 3 is 2.67 bits per heavy atom. The first-order chi connectivity index (χ1) is 9.96. The number of hydrogen-bond donors (Lipinski definition) is 2. The Balaban J connectivity index is 1.91. The van der Waals surface area contributed by atoms with E-state index in [0.29, 0.717) is 17.5 Å². The molecule has 0 saturated carbocycles. The standard InChI is InChI=1S/C14H21N5OS/c1-14(2,3)15-9-12(20)10-21-13-16-17-18-19(13)11-7-5-4-6-8-11/h4-8,12,15,20H,9-10H2,1-3H3. The van der Waals surface area contributed by atoms with Gasteiger partial charge in [0.05, 0.1) is 11.8 Å². The average molecular weight is 307 g/mol. The summed E-state index contributed by atoms with van der Waals surface area (Å²) in [6.07, 6.45) is -0.449. The maximum atomic E-state index is 10.0. The minimum atomic E-state index is -0.449. The van der Waals surface area contributed by atoms with Crippen molar-refractivity contribution >= 4 is 11.8 Å². The van der Waals surface area contributed by atoms with E-state index in [9.17, 15) is 5.11 Å². The highest BCUT2D eigenvalue weighted by Gasteiger charge is 2.14. The van der Waals surface area contributed by atoms with E-state index in [1.807, 2.05) is 30.3 Å². The van der Waals surface area contributed by atoms with Crippen molar-refractivity contribution in [2.45, 2.75) is 37.6 Å². The average Bonchev–Trinajstić information content (AvgIpc) is 2.91. The second-order valence-electron chi connectivity index (χ2n) is 5.80. The third-order valence-electron chi connectivity index (χ3n) is 2.71. The lowest BCUT2D eigenvalue weighted by molar-refractivity contribution is 0.183. The van der Waals surface area contributed by atoms with E-state index in [0.717, 1.165) is 5.69 Å². The summed E-state index contributed by atoms with van der Waals surface area (Å²) >= 11 is 1.44. The number of hydrogen-bond acceptors (Lipinski definition) is 6. The molecule has 2 rings (SSSR count). The molecule has 1 unspecified atom stereocenters. The van der Waals surface area contributed by atoms with Crippen molar-refractivity contribution < 1.29 is 5.11 Å². The van der Waals surface area contributed by atoms with Gasteiger partial charge in [0.25, 0.3) is 0 Å². The molecule has 0 aliphatic heterocycles. The highest BCUT2D eigenvalue weighted by Crippen LogP contribution is 2.18. The van der Waals surface area contributed by atoms with Crippen LogP contribution in [0.15, 0.2) is 35.5 Å². The van der Waals surface area contributed by atoms with Crippen LogP contribution in [0.2, 0.25) is 0 Å². The number of aliphatic hydroxyl groups is 1. The number of para-hydroxylation sites is 1. The Bertz CT molecular complexity index is 552. The molecule has 0 radical (unpaired) electrons. The second-order valence-corrected chi connectivity index (χ2v) is 6.79. The Kier molecular flexibility index (Phi) is 5.33. The Labute approximate surface area is 128 Å². The monoisotopic (exact) mass is 307 g/mol. The summed E-state index contributed by atoms with van der Waals surface area (Å²) in [6, 6.07) is 9.71. The fraction of sp³-hybridized carbons (Fsp3) is 0.500. The van der Waals surface area contributed by atoms with Crippen molar-refractivity contribution in [3.63, 3.8) is 0 Å². The SMILES string of the molecule is CC(C)(C)NCC(O)CSc1nnnn1-c1ccccc1. The molecule has 1 aromatic heterocycles. The third-order valence-corrected chi connectivity index (χ3v) is 3.78. The number of benzene rings is 1. The molecule has 0 aliphatic carbocycles. The number of nitrogens with zero attached hydrogens (tertiary/aromatic N) is 4. The van der Waals surface area contributed by atoms with E-state index < -0.39 is 6.10 Å². The second kappa shape index (κ2) is 7.02. The lowest BCUT2D eigenvalue weighted by Gasteiger charge is -2.22. The quantitative estimate of drug-likeness (QED) is 0.788. The van der Waals surface area contributed by atoms with E-state index in [1.165, 1.54) is 11.8 Å². The molecule has 1 aromatic carbocycles. The van der Waals surface area contributed by atoms with E-state index >= 15 is 0 Å². The predicted molar refractivity (Wildman–Crippen MR) is 83.6 cm³/mol. The van der Waals surface area contributed by atoms with Crippen LogP contribution >= 0.6 is 11.8 Å². The van der Waals surface area contributed by atoms with Gasteiger partial charge in [0.1, 0.15) is 0 Å². The lowest BCUT2D eigenvalue weighted by atomic mass is 10.1. The summed E-state index contributed by atoms with van der Waals surface area (Å²) < 4.78 is 1.68. The van der Waals surface area contributed by atoms with Crippen LogP contribution < -0.4 is 5.32 Å². The summed E-state index contributed by atoms with van der Waals surface area (Å²) in [5, 5.41) is 25.7. The molecule has 2 N–H and O–H groups in total. The summed E-state index contributed by atoms with van der Waals surface area (Å²) in [4.78, 5) is 0. The molecule has 114 valence electrons. The molecule has 1 atom stereocenters. The van der Waals surface area contributed by atoms with Crippen LogP contribution in [0.3, 0.4) is 0 Å². The van der Waals surface area contributed by atoms with Crippen LogP contribution in [0.1, 0.15) is 20.8 Å². The Morgan fingerprint density at radius 1 is 1.29 bits per heavy atom. The molecule has 2 aromatic rings. The minimum Gasteiger partial charge on any atom is -0.391 e. The van der Waals surface area contributed by atoms with Crippen molar-refractivity contribution in [1.82, 2.24) is 25.5 Å². The van der Waals surface area contributed by atoms with Crippen molar-refractivity contribution in [3.05, 3.63) is 30.3 Å². The topological polar surface area (TPSA) is 75.9 Å². The largest absolute Gasteiger partial charge is 0.391 e. The van der Waals surface area contributed by atoms with E-state index in [4.69, 9.17) is 0 Å². The fourth-order valence-electron chi connectivity index (χ4n) is 1.65. The van der Waals surface area contributed by atoms with Gasteiger partial charge < -0.3 is 10.4 Å². The van der Waals surface area contributed by atoms with Crippen molar-refractivity contribution in [2.75, 3.05) is 12.3 Å². The molecule has 7 heteroatoms. The fourth-order valence-corrected chi connectivity index (χ4v) is 2.47. The van der Waals surface area contributed by atoms with Crippen LogP contribution in [0, 0.1) is 0 Å². The van der Waals surface area contributed by atoms with Gasteiger partial charge in [-0.1, -0.05) is 30.0 Å². The molecule has 1 heterocycles. The van der Waals surface area contributed by atoms with Crippen LogP contribution in [0.25, 0.3) is 5.69 Å². The predicted octanol–water partition coefficient (Wildman–Crippen LogP) is 1.50. The van der Waals surface area contributed by atoms with E-state index in [2.05, 4.69) is 41.6 Å². The van der Waals surface area contributed by atoms with Crippen LogP contribution in [0.5, 0.6) is 0 Å². The van der Waals surface area contributed by atoms with Gasteiger partial charge in [-0.2, -0.15) is 4.68 Å². The summed E-state index contributed by atoms with van der Waals surface area (Å²) in [5.41, 5.74) is 0.907. The normalized spacial score (nSPS) is 13.3. The number of β-amino-alcohol motifs (C(OH)–C–C–N with tert-alkyl or cyclic N) is 1. The van der Waals surface area contributed by atoms with Crippen LogP contribution in [0.4, 0.5) is 0 Å². The molecule has 0 fully saturated rings. The van der Waals surface area contributed by atoms with Gasteiger partial charge in [-0.3, -0.25) is 0 Å². The summed E-state index contributed by atoms with van der Waals surface area (Å²) in [7, 11) is 0. The molecule has 6 nitrogen and oxygen atoms in total. The van der Waals surface area contributed by atoms with Gasteiger partial charge in [-0.15, -0.1) is 5.10 Å². The maximum absolute atomic E-state index is 10.0. The van der Waals surface area contributed by atoms with E-state index in [-0.39, 0.29) is 5.54 Å². The van der Waals surface area contributed by atoms with Gasteiger partial charge in [0.2, 0.25) is 5.16 Å². The van der Waals surface area contributed by atoms with Gasteiger partial charge >= 0.3 is 0 Å². The van der Waals surface area contributed by atoms with Crippen LogP contribution in [-0.2, 0) is 0 Å². The Hall–Kier alpha value is -1.44. The maximum Gasteiger partial charge on any atom is 0.214 e. The molecule has 0 spiro atoms. The van der Waals surface area contributed by atoms with Crippen molar-refractivity contribution in [1.29, 1.82) is 0 Å². The van der Waals surface area contributed by atoms with Gasteiger partial charge in [0, 0.05) is 17.8 Å². The molecule has 0 amide bonds. The minimum absolute atomic E-state index is 0.00271. The summed E-state index contributed by atoms with van der Waals surface area (Å²) in [5.74, 6) is 0.538. The first-order valence-electron chi connectivity index (χ1n) is 6.85. The molecular formula is C14H21N5OS. The number of aromatic nitrogens is 4. The first kappa shape index (κ1) is 15.9. The first-order valence-corrected chi connectivity index (χ1v) is 7.84. The third kappa shape index (κ3) is 5.11. The van der Waals surface area contributed by atoms with Gasteiger partial charge in [0.15, 0.2) is 0 Å². The molecule has 0 bridgehead atoms. The molecule has 21 heavy (non-hydrogen) atoms. The molecule has 0 saturated heterocycles. The zero-order valence-corrected chi connectivity index (χ0v) is 13.3. The molecular weight excluding hydrogens is 286 g/mol. The Morgan fingerprint density at radius 2 is 2.00 bits per heavy atom. The zero-order valence-electron chi connectivity index (χ0n) is 12.5. The zero-order chi connectivity index (χ0) is 15.3.